The minimum Gasteiger partial charge on any atom is -0.326 e. The molecule has 0 aliphatic heterocycles. The van der Waals surface area contributed by atoms with Crippen LogP contribution in [0.1, 0.15) is 27.7 Å². The van der Waals surface area contributed by atoms with Gasteiger partial charge in [-0.15, -0.1) is 0 Å². The van der Waals surface area contributed by atoms with E-state index in [-0.39, 0.29) is 0 Å². The van der Waals surface area contributed by atoms with Crippen molar-refractivity contribution >= 4 is 8.40 Å². The monoisotopic (exact) mass is 174 g/mol. The molecule has 0 atom stereocenters. The van der Waals surface area contributed by atoms with Gasteiger partial charge in [0.25, 0.3) is 0 Å². The Morgan fingerprint density at radius 2 is 1.18 bits per heavy atom. The Hall–Kier alpha value is 0.137. The van der Waals surface area contributed by atoms with E-state index in [1.807, 2.05) is 0 Å². The van der Waals surface area contributed by atoms with Gasteiger partial charge in [-0.1, -0.05) is 27.7 Å². The van der Waals surface area contributed by atoms with Crippen molar-refractivity contribution in [1.82, 2.24) is 9.96 Å². The van der Waals surface area contributed by atoms with Gasteiger partial charge in [-0.3, -0.25) is 0 Å². The van der Waals surface area contributed by atoms with Crippen LogP contribution in [0.4, 0.5) is 0 Å². The topological polar surface area (TPSA) is 24.1 Å². The molecule has 0 heterocycles. The molecule has 2 N–H and O–H groups in total. The Bertz CT molecular complexity index is 84.1. The van der Waals surface area contributed by atoms with Crippen molar-refractivity contribution in [3.05, 3.63) is 0 Å². The lowest BCUT2D eigenvalue weighted by Crippen LogP contribution is -2.61. The highest BCUT2D eigenvalue weighted by Gasteiger charge is 2.26. The molecule has 0 aromatic carbocycles. The second-order valence-corrected chi connectivity index (χ2v) is 7.14. The van der Waals surface area contributed by atoms with Crippen molar-refractivity contribution < 1.29 is 0 Å². The molecule has 0 aliphatic carbocycles. The van der Waals surface area contributed by atoms with Crippen LogP contribution in [0.25, 0.3) is 0 Å². The van der Waals surface area contributed by atoms with Crippen molar-refractivity contribution in [2.24, 2.45) is 0 Å². The lowest BCUT2D eigenvalue weighted by molar-refractivity contribution is 0.827. The maximum atomic E-state index is 3.62. The lowest BCUT2D eigenvalue weighted by Gasteiger charge is -2.30. The minimum atomic E-state index is -1.24. The number of nitrogens with one attached hydrogen (secondary N) is 2. The van der Waals surface area contributed by atoms with Crippen LogP contribution in [-0.4, -0.2) is 21.5 Å². The summed E-state index contributed by atoms with van der Waals surface area (Å²) in [6.07, 6.45) is 0. The van der Waals surface area contributed by atoms with Gasteiger partial charge in [-0.2, -0.15) is 0 Å². The Morgan fingerprint density at radius 1 is 0.818 bits per heavy atom. The van der Waals surface area contributed by atoms with E-state index in [0.717, 1.165) is 13.1 Å². The predicted octanol–water partition coefficient (Wildman–Crippen LogP) is 1.69. The third-order valence-electron chi connectivity index (χ3n) is 2.24. The Labute approximate surface area is 71.9 Å². The first-order valence-corrected chi connectivity index (χ1v) is 7.16. The molecule has 0 aromatic heterocycles. The van der Waals surface area contributed by atoms with Crippen LogP contribution in [0.2, 0.25) is 12.1 Å². The Morgan fingerprint density at radius 3 is 1.36 bits per heavy atom. The highest BCUT2D eigenvalue weighted by Crippen LogP contribution is 2.06. The maximum Gasteiger partial charge on any atom is 0.200 e. The van der Waals surface area contributed by atoms with Gasteiger partial charge in [0.2, 0.25) is 8.40 Å². The van der Waals surface area contributed by atoms with E-state index >= 15 is 0 Å². The fourth-order valence-corrected chi connectivity index (χ4v) is 4.47. The molecule has 0 amide bonds. The summed E-state index contributed by atoms with van der Waals surface area (Å²) in [5, 5.41) is 0. The third-order valence-corrected chi connectivity index (χ3v) is 6.71. The molecular formula is C8H22N2Si. The molecule has 0 saturated heterocycles. The quantitative estimate of drug-likeness (QED) is 0.599. The van der Waals surface area contributed by atoms with Crippen LogP contribution in [0, 0.1) is 0 Å². The van der Waals surface area contributed by atoms with Crippen molar-refractivity contribution in [1.29, 1.82) is 0 Å². The zero-order chi connectivity index (χ0) is 8.74. The Balaban J connectivity index is 3.96. The molecule has 0 fully saturated rings. The number of hydrogen-bond acceptors (Lipinski definition) is 2. The molecule has 0 unspecified atom stereocenters. The van der Waals surface area contributed by atoms with Crippen LogP contribution in [-0.2, 0) is 0 Å². The van der Waals surface area contributed by atoms with Crippen LogP contribution < -0.4 is 9.96 Å². The number of rotatable bonds is 6. The van der Waals surface area contributed by atoms with E-state index in [0.29, 0.717) is 0 Å². The second-order valence-electron chi connectivity index (χ2n) is 2.85. The van der Waals surface area contributed by atoms with Crippen molar-refractivity contribution in [3.63, 3.8) is 0 Å². The molecule has 3 heteroatoms. The van der Waals surface area contributed by atoms with Crippen LogP contribution in [0.3, 0.4) is 0 Å². The second kappa shape index (κ2) is 5.74. The molecule has 0 aromatic rings. The van der Waals surface area contributed by atoms with Gasteiger partial charge in [-0.25, -0.2) is 0 Å². The molecule has 0 radical (unpaired) electrons. The standard InChI is InChI=1S/C8H22N2Si/c1-5-9-11(7-3,8-4)10-6-2/h9-10H,5-8H2,1-4H3. The smallest absolute Gasteiger partial charge is 0.200 e. The normalized spacial score (nSPS) is 12.0. The van der Waals surface area contributed by atoms with Gasteiger partial charge in [0.05, 0.1) is 0 Å². The summed E-state index contributed by atoms with van der Waals surface area (Å²) in [4.78, 5) is 7.25. The van der Waals surface area contributed by atoms with E-state index < -0.39 is 8.40 Å². The van der Waals surface area contributed by atoms with Gasteiger partial charge in [0.1, 0.15) is 0 Å². The van der Waals surface area contributed by atoms with Crippen LogP contribution in [0.5, 0.6) is 0 Å². The van der Waals surface area contributed by atoms with Crippen molar-refractivity contribution in [3.8, 4) is 0 Å². The van der Waals surface area contributed by atoms with E-state index in [1.54, 1.807) is 0 Å². The summed E-state index contributed by atoms with van der Waals surface area (Å²) in [5.74, 6) is 0. The molecule has 0 aliphatic rings. The first-order chi connectivity index (χ1) is 5.24. The fourth-order valence-electron chi connectivity index (χ4n) is 1.49. The van der Waals surface area contributed by atoms with Gasteiger partial charge in [0, 0.05) is 0 Å². The molecule has 0 rings (SSSR count). The van der Waals surface area contributed by atoms with Crippen LogP contribution >= 0.6 is 0 Å². The van der Waals surface area contributed by atoms with Gasteiger partial charge in [-0.05, 0) is 25.2 Å². The molecule has 11 heavy (non-hydrogen) atoms. The summed E-state index contributed by atoms with van der Waals surface area (Å²) in [7, 11) is -1.24. The van der Waals surface area contributed by atoms with Crippen molar-refractivity contribution in [2.75, 3.05) is 13.1 Å². The molecule has 68 valence electrons. The van der Waals surface area contributed by atoms with E-state index in [2.05, 4.69) is 37.7 Å². The Kier molecular flexibility index (Phi) is 5.82. The van der Waals surface area contributed by atoms with Gasteiger partial charge in [0.15, 0.2) is 0 Å². The molecule has 0 spiro atoms. The summed E-state index contributed by atoms with van der Waals surface area (Å²) in [6.45, 7) is 11.1. The van der Waals surface area contributed by atoms with Crippen LogP contribution in [0.15, 0.2) is 0 Å². The highest BCUT2D eigenvalue weighted by molar-refractivity contribution is 6.74. The van der Waals surface area contributed by atoms with Gasteiger partial charge >= 0.3 is 0 Å². The SMILES string of the molecule is CCN[Si](CC)(CC)NCC. The average molecular weight is 174 g/mol. The van der Waals surface area contributed by atoms with E-state index in [4.69, 9.17) is 0 Å². The third kappa shape index (κ3) is 3.36. The summed E-state index contributed by atoms with van der Waals surface area (Å²) in [5.41, 5.74) is 0. The zero-order valence-corrected chi connectivity index (χ0v) is 9.33. The minimum absolute atomic E-state index is 1.10. The largest absolute Gasteiger partial charge is 0.326 e. The summed E-state index contributed by atoms with van der Waals surface area (Å²) >= 11 is 0. The molecule has 0 saturated carbocycles. The molecule has 2 nitrogen and oxygen atoms in total. The number of hydrogen-bond donors (Lipinski definition) is 2. The highest BCUT2D eigenvalue weighted by atomic mass is 28.3. The lowest BCUT2D eigenvalue weighted by atomic mass is 10.8. The molecule has 0 bridgehead atoms. The summed E-state index contributed by atoms with van der Waals surface area (Å²) < 4.78 is 0. The molecular weight excluding hydrogens is 152 g/mol. The maximum absolute atomic E-state index is 3.62. The first kappa shape index (κ1) is 11.1. The van der Waals surface area contributed by atoms with Gasteiger partial charge < -0.3 is 9.96 Å². The van der Waals surface area contributed by atoms with E-state index in [1.165, 1.54) is 12.1 Å². The fraction of sp³-hybridized carbons (Fsp3) is 1.00. The first-order valence-electron chi connectivity index (χ1n) is 4.74. The van der Waals surface area contributed by atoms with Crippen molar-refractivity contribution in [2.45, 2.75) is 39.8 Å². The predicted molar refractivity (Wildman–Crippen MR) is 54.1 cm³/mol. The zero-order valence-electron chi connectivity index (χ0n) is 8.33. The average Bonchev–Trinajstić information content (AvgIpc) is 2.04. The summed E-state index contributed by atoms with van der Waals surface area (Å²) in [6, 6.07) is 2.57. The van der Waals surface area contributed by atoms with E-state index in [9.17, 15) is 0 Å².